The topological polar surface area (TPSA) is 64.3 Å². The van der Waals surface area contributed by atoms with Crippen LogP contribution in [0.4, 0.5) is 5.82 Å². The van der Waals surface area contributed by atoms with E-state index in [2.05, 4.69) is 20.5 Å². The van der Waals surface area contributed by atoms with Crippen LogP contribution in [-0.4, -0.2) is 38.8 Å². The third kappa shape index (κ3) is 2.71. The predicted octanol–water partition coefficient (Wildman–Crippen LogP) is 1.27. The van der Waals surface area contributed by atoms with E-state index in [1.165, 1.54) is 0 Å². The zero-order valence-corrected chi connectivity index (χ0v) is 10.3. The van der Waals surface area contributed by atoms with E-state index in [1.54, 1.807) is 6.20 Å². The lowest BCUT2D eigenvalue weighted by atomic mass is 10.5. The molecule has 17 heavy (non-hydrogen) atoms. The molecule has 2 heterocycles. The minimum Gasteiger partial charge on any atom is -0.377 e. The van der Waals surface area contributed by atoms with Crippen molar-refractivity contribution in [1.29, 1.82) is 0 Å². The lowest BCUT2D eigenvalue weighted by Gasteiger charge is -2.09. The molecule has 0 bridgehead atoms. The van der Waals surface area contributed by atoms with Crippen LogP contribution in [0.15, 0.2) is 12.4 Å². The van der Waals surface area contributed by atoms with Crippen molar-refractivity contribution in [3.63, 3.8) is 0 Å². The van der Waals surface area contributed by atoms with Crippen LogP contribution in [0.1, 0.15) is 19.7 Å². The SMILES string of the molecule is Cc1nnc2c(NCCOC(C)C)nccn12. The molecule has 2 rings (SSSR count). The Morgan fingerprint density at radius 1 is 1.41 bits per heavy atom. The summed E-state index contributed by atoms with van der Waals surface area (Å²) in [6, 6.07) is 0. The zero-order valence-electron chi connectivity index (χ0n) is 10.3. The van der Waals surface area contributed by atoms with Gasteiger partial charge in [-0.1, -0.05) is 0 Å². The van der Waals surface area contributed by atoms with E-state index < -0.39 is 0 Å². The molecule has 2 aromatic heterocycles. The third-order valence-electron chi connectivity index (χ3n) is 2.34. The first-order valence-corrected chi connectivity index (χ1v) is 5.70. The van der Waals surface area contributed by atoms with Crippen LogP contribution in [0.5, 0.6) is 0 Å². The van der Waals surface area contributed by atoms with Crippen molar-refractivity contribution in [2.75, 3.05) is 18.5 Å². The van der Waals surface area contributed by atoms with E-state index in [-0.39, 0.29) is 6.10 Å². The zero-order chi connectivity index (χ0) is 12.3. The molecular formula is C11H17N5O. The van der Waals surface area contributed by atoms with Gasteiger partial charge in [0.1, 0.15) is 5.82 Å². The summed E-state index contributed by atoms with van der Waals surface area (Å²) in [5, 5.41) is 11.3. The second-order valence-electron chi connectivity index (χ2n) is 4.06. The van der Waals surface area contributed by atoms with E-state index in [9.17, 15) is 0 Å². The maximum absolute atomic E-state index is 5.45. The van der Waals surface area contributed by atoms with Gasteiger partial charge in [0, 0.05) is 18.9 Å². The van der Waals surface area contributed by atoms with Gasteiger partial charge in [-0.05, 0) is 20.8 Å². The van der Waals surface area contributed by atoms with Crippen molar-refractivity contribution < 1.29 is 4.74 Å². The molecule has 0 atom stereocenters. The number of anilines is 1. The standard InChI is InChI=1S/C11H17N5O/c1-8(2)17-7-5-13-10-11-15-14-9(3)16(11)6-4-12-10/h4,6,8H,5,7H2,1-3H3,(H,12,13). The van der Waals surface area contributed by atoms with Crippen molar-refractivity contribution in [2.45, 2.75) is 26.9 Å². The number of ether oxygens (including phenoxy) is 1. The summed E-state index contributed by atoms with van der Waals surface area (Å²) in [4.78, 5) is 4.25. The largest absolute Gasteiger partial charge is 0.377 e. The monoisotopic (exact) mass is 235 g/mol. The summed E-state index contributed by atoms with van der Waals surface area (Å²) < 4.78 is 7.35. The number of nitrogens with one attached hydrogen (secondary N) is 1. The first-order valence-electron chi connectivity index (χ1n) is 5.70. The second kappa shape index (κ2) is 5.09. The van der Waals surface area contributed by atoms with E-state index >= 15 is 0 Å². The fourth-order valence-electron chi connectivity index (χ4n) is 1.53. The second-order valence-corrected chi connectivity index (χ2v) is 4.06. The van der Waals surface area contributed by atoms with Crippen LogP contribution >= 0.6 is 0 Å². The molecule has 6 heteroatoms. The van der Waals surface area contributed by atoms with Crippen molar-refractivity contribution in [3.05, 3.63) is 18.2 Å². The van der Waals surface area contributed by atoms with Gasteiger partial charge >= 0.3 is 0 Å². The van der Waals surface area contributed by atoms with Crippen molar-refractivity contribution in [3.8, 4) is 0 Å². The molecule has 0 amide bonds. The van der Waals surface area contributed by atoms with Crippen molar-refractivity contribution >= 4 is 11.5 Å². The molecule has 92 valence electrons. The van der Waals surface area contributed by atoms with Crippen molar-refractivity contribution in [2.24, 2.45) is 0 Å². The molecule has 0 aromatic carbocycles. The van der Waals surface area contributed by atoms with Crippen LogP contribution in [0.25, 0.3) is 5.65 Å². The Hall–Kier alpha value is -1.69. The molecule has 0 aliphatic rings. The molecule has 2 aromatic rings. The molecule has 0 radical (unpaired) electrons. The average Bonchev–Trinajstić information content (AvgIpc) is 2.67. The number of aromatic nitrogens is 4. The number of hydrogen-bond acceptors (Lipinski definition) is 5. The molecule has 0 aliphatic heterocycles. The van der Waals surface area contributed by atoms with Gasteiger partial charge in [0.05, 0.1) is 12.7 Å². The summed E-state index contributed by atoms with van der Waals surface area (Å²) in [6.45, 7) is 7.29. The number of hydrogen-bond donors (Lipinski definition) is 1. The first-order chi connectivity index (χ1) is 8.18. The predicted molar refractivity (Wildman–Crippen MR) is 65.1 cm³/mol. The molecule has 1 N–H and O–H groups in total. The van der Waals surface area contributed by atoms with Gasteiger partial charge < -0.3 is 10.1 Å². The van der Waals surface area contributed by atoms with E-state index in [0.717, 1.165) is 17.3 Å². The van der Waals surface area contributed by atoms with Gasteiger partial charge in [0.2, 0.25) is 5.65 Å². The summed E-state index contributed by atoms with van der Waals surface area (Å²) >= 11 is 0. The van der Waals surface area contributed by atoms with Crippen LogP contribution < -0.4 is 5.32 Å². The first kappa shape index (κ1) is 11.8. The van der Waals surface area contributed by atoms with Crippen LogP contribution in [0.2, 0.25) is 0 Å². The minimum atomic E-state index is 0.246. The lowest BCUT2D eigenvalue weighted by molar-refractivity contribution is 0.0870. The highest BCUT2D eigenvalue weighted by Crippen LogP contribution is 2.11. The molecule has 6 nitrogen and oxygen atoms in total. The highest BCUT2D eigenvalue weighted by atomic mass is 16.5. The average molecular weight is 235 g/mol. The third-order valence-corrected chi connectivity index (χ3v) is 2.34. The quantitative estimate of drug-likeness (QED) is 0.791. The molecule has 0 unspecified atom stereocenters. The fraction of sp³-hybridized carbons (Fsp3) is 0.545. The molecule has 0 aliphatic carbocycles. The highest BCUT2D eigenvalue weighted by molar-refractivity contribution is 5.61. The van der Waals surface area contributed by atoms with Gasteiger partial charge in [-0.3, -0.25) is 4.40 Å². The molecule has 0 fully saturated rings. The van der Waals surface area contributed by atoms with E-state index in [1.807, 2.05) is 31.4 Å². The Bertz CT molecular complexity index is 494. The normalized spacial score (nSPS) is 11.3. The fourth-order valence-corrected chi connectivity index (χ4v) is 1.53. The maximum atomic E-state index is 5.45. The Labute approximate surface area is 100 Å². The number of aryl methyl sites for hydroxylation is 1. The van der Waals surface area contributed by atoms with Crippen LogP contribution in [0.3, 0.4) is 0 Å². The molecular weight excluding hydrogens is 218 g/mol. The Kier molecular flexibility index (Phi) is 3.53. The Balaban J connectivity index is 2.03. The lowest BCUT2D eigenvalue weighted by Crippen LogP contribution is -2.14. The van der Waals surface area contributed by atoms with Gasteiger partial charge in [0.15, 0.2) is 5.82 Å². The van der Waals surface area contributed by atoms with Crippen LogP contribution in [-0.2, 0) is 4.74 Å². The Morgan fingerprint density at radius 2 is 2.24 bits per heavy atom. The van der Waals surface area contributed by atoms with Crippen molar-refractivity contribution in [1.82, 2.24) is 19.6 Å². The maximum Gasteiger partial charge on any atom is 0.203 e. The number of rotatable bonds is 5. The summed E-state index contributed by atoms with van der Waals surface area (Å²) in [7, 11) is 0. The van der Waals surface area contributed by atoms with Gasteiger partial charge in [-0.15, -0.1) is 10.2 Å². The highest BCUT2D eigenvalue weighted by Gasteiger charge is 2.06. The summed E-state index contributed by atoms with van der Waals surface area (Å²) in [5.41, 5.74) is 0.745. The van der Waals surface area contributed by atoms with Crippen LogP contribution in [0, 0.1) is 6.92 Å². The Morgan fingerprint density at radius 3 is 3.00 bits per heavy atom. The minimum absolute atomic E-state index is 0.246. The van der Waals surface area contributed by atoms with E-state index in [0.29, 0.717) is 13.2 Å². The van der Waals surface area contributed by atoms with Gasteiger partial charge in [0.25, 0.3) is 0 Å². The molecule has 0 saturated carbocycles. The summed E-state index contributed by atoms with van der Waals surface area (Å²) in [6.07, 6.45) is 3.83. The molecule has 0 spiro atoms. The summed E-state index contributed by atoms with van der Waals surface area (Å²) in [5.74, 6) is 1.59. The smallest absolute Gasteiger partial charge is 0.203 e. The van der Waals surface area contributed by atoms with E-state index in [4.69, 9.17) is 4.74 Å². The number of fused-ring (bicyclic) bond motifs is 1. The van der Waals surface area contributed by atoms with Gasteiger partial charge in [-0.25, -0.2) is 4.98 Å². The van der Waals surface area contributed by atoms with Gasteiger partial charge in [-0.2, -0.15) is 0 Å². The number of nitrogens with zero attached hydrogens (tertiary/aromatic N) is 4. The molecule has 0 saturated heterocycles.